The number of pyridine rings is 2. The van der Waals surface area contributed by atoms with Crippen molar-refractivity contribution in [1.29, 1.82) is 0 Å². The van der Waals surface area contributed by atoms with Crippen LogP contribution in [0.3, 0.4) is 0 Å². The lowest BCUT2D eigenvalue weighted by Gasteiger charge is -2.19. The Morgan fingerprint density at radius 1 is 1.30 bits per heavy atom. The molecule has 2 aliphatic heterocycles. The van der Waals surface area contributed by atoms with Gasteiger partial charge in [0, 0.05) is 35.6 Å². The molecule has 4 heterocycles. The highest BCUT2D eigenvalue weighted by Crippen LogP contribution is 2.33. The zero-order valence-corrected chi connectivity index (χ0v) is 17.5. The molecule has 8 nitrogen and oxygen atoms in total. The smallest absolute Gasteiger partial charge is 0.340 e. The summed E-state index contributed by atoms with van der Waals surface area (Å²) in [7, 11) is 0. The normalized spacial score (nSPS) is 18.5. The van der Waals surface area contributed by atoms with Gasteiger partial charge < -0.3 is 14.7 Å². The van der Waals surface area contributed by atoms with Gasteiger partial charge in [-0.05, 0) is 24.6 Å². The molecule has 1 N–H and O–H groups in total. The molecule has 1 saturated heterocycles. The van der Waals surface area contributed by atoms with Crippen LogP contribution in [0.1, 0.15) is 33.5 Å². The van der Waals surface area contributed by atoms with Gasteiger partial charge in [-0.25, -0.2) is 18.7 Å². The standard InChI is InChI=1S/C21H20F4N4O4/c1-11-4-12(6-27-18(11)33-10-21(24,25)20(22)23)7-28-9-15-14(19(28)32)2-3-26-17(15)29-8-13(30)5-16(29)31/h2-4,6,13,20,30H,5,7-10H2,1H3/t13-/m1/s1. The molecule has 2 amide bonds. The monoisotopic (exact) mass is 468 g/mol. The molecule has 0 aromatic carbocycles. The summed E-state index contributed by atoms with van der Waals surface area (Å²) in [5.41, 5.74) is 1.89. The lowest BCUT2D eigenvalue weighted by atomic mass is 10.1. The van der Waals surface area contributed by atoms with Crippen LogP contribution in [0, 0.1) is 6.92 Å². The van der Waals surface area contributed by atoms with Gasteiger partial charge in [0.25, 0.3) is 5.91 Å². The maximum absolute atomic E-state index is 13.1. The summed E-state index contributed by atoms with van der Waals surface area (Å²) in [5.74, 6) is -4.72. The zero-order valence-electron chi connectivity index (χ0n) is 17.5. The van der Waals surface area contributed by atoms with Crippen molar-refractivity contribution in [3.05, 3.63) is 46.8 Å². The van der Waals surface area contributed by atoms with E-state index >= 15 is 0 Å². The average Bonchev–Trinajstić information content (AvgIpc) is 3.25. The molecule has 0 radical (unpaired) electrons. The van der Waals surface area contributed by atoms with Gasteiger partial charge in [0.05, 0.1) is 25.6 Å². The lowest BCUT2D eigenvalue weighted by molar-refractivity contribution is -0.148. The zero-order chi connectivity index (χ0) is 23.9. The van der Waals surface area contributed by atoms with E-state index in [0.717, 1.165) is 0 Å². The van der Waals surface area contributed by atoms with Gasteiger partial charge in [0.1, 0.15) is 5.82 Å². The number of aliphatic hydroxyl groups excluding tert-OH is 1. The maximum Gasteiger partial charge on any atom is 0.340 e. The molecule has 33 heavy (non-hydrogen) atoms. The number of fused-ring (bicyclic) bond motifs is 1. The molecule has 0 unspecified atom stereocenters. The number of halogens is 4. The SMILES string of the molecule is Cc1cc(CN2Cc3c(ccnc3N3C[C@H](O)CC3=O)C2=O)cnc1OCC(F)(F)C(F)F. The van der Waals surface area contributed by atoms with Crippen LogP contribution < -0.4 is 9.64 Å². The topological polar surface area (TPSA) is 95.9 Å². The molecule has 0 aliphatic carbocycles. The molecule has 176 valence electrons. The van der Waals surface area contributed by atoms with Gasteiger partial charge in [0.15, 0.2) is 6.61 Å². The van der Waals surface area contributed by atoms with Crippen LogP contribution in [0.5, 0.6) is 5.88 Å². The molecule has 2 aliphatic rings. The third kappa shape index (κ3) is 4.47. The van der Waals surface area contributed by atoms with E-state index < -0.39 is 25.1 Å². The van der Waals surface area contributed by atoms with E-state index in [0.29, 0.717) is 28.1 Å². The van der Waals surface area contributed by atoms with Crippen molar-refractivity contribution in [3.63, 3.8) is 0 Å². The molecule has 0 saturated carbocycles. The first-order valence-corrected chi connectivity index (χ1v) is 10.1. The summed E-state index contributed by atoms with van der Waals surface area (Å²) in [4.78, 5) is 36.1. The highest BCUT2D eigenvalue weighted by atomic mass is 19.3. The number of anilines is 1. The number of aromatic nitrogens is 2. The van der Waals surface area contributed by atoms with Crippen molar-refractivity contribution in [1.82, 2.24) is 14.9 Å². The van der Waals surface area contributed by atoms with Crippen LogP contribution in [0.4, 0.5) is 23.4 Å². The summed E-state index contributed by atoms with van der Waals surface area (Å²) in [6, 6.07) is 3.13. The van der Waals surface area contributed by atoms with Crippen LogP contribution in [0.25, 0.3) is 0 Å². The summed E-state index contributed by atoms with van der Waals surface area (Å²) in [6.07, 6.45) is -1.90. The largest absolute Gasteiger partial charge is 0.471 e. The Hall–Kier alpha value is -3.28. The van der Waals surface area contributed by atoms with Gasteiger partial charge in [-0.2, -0.15) is 8.78 Å². The minimum absolute atomic E-state index is 0.00831. The Balaban J connectivity index is 1.48. The summed E-state index contributed by atoms with van der Waals surface area (Å²) < 4.78 is 55.5. The second-order valence-corrected chi connectivity index (χ2v) is 8.00. The number of hydrogen-bond donors (Lipinski definition) is 1. The van der Waals surface area contributed by atoms with Gasteiger partial charge in [0.2, 0.25) is 11.8 Å². The van der Waals surface area contributed by atoms with Crippen molar-refractivity contribution in [2.45, 2.75) is 44.9 Å². The molecular formula is C21H20F4N4O4. The number of amides is 2. The van der Waals surface area contributed by atoms with Crippen molar-refractivity contribution in [3.8, 4) is 5.88 Å². The molecule has 1 atom stereocenters. The number of rotatable bonds is 7. The molecule has 4 rings (SSSR count). The summed E-state index contributed by atoms with van der Waals surface area (Å²) >= 11 is 0. The van der Waals surface area contributed by atoms with E-state index in [1.807, 2.05) is 0 Å². The van der Waals surface area contributed by atoms with E-state index in [9.17, 15) is 32.3 Å². The summed E-state index contributed by atoms with van der Waals surface area (Å²) in [5, 5.41) is 9.77. The molecule has 12 heteroatoms. The molecule has 0 bridgehead atoms. The van der Waals surface area contributed by atoms with Gasteiger partial charge >= 0.3 is 12.3 Å². The number of aliphatic hydroxyl groups is 1. The highest BCUT2D eigenvalue weighted by molar-refractivity contribution is 6.02. The second-order valence-electron chi connectivity index (χ2n) is 8.00. The summed E-state index contributed by atoms with van der Waals surface area (Å²) in [6.45, 7) is 0.433. The number of hydrogen-bond acceptors (Lipinski definition) is 6. The Labute approximate surface area is 185 Å². The van der Waals surface area contributed by atoms with Crippen molar-refractivity contribution in [2.75, 3.05) is 18.1 Å². The first-order valence-electron chi connectivity index (χ1n) is 10.1. The van der Waals surface area contributed by atoms with E-state index in [-0.39, 0.29) is 43.7 Å². The fourth-order valence-electron chi connectivity index (χ4n) is 3.83. The van der Waals surface area contributed by atoms with Crippen LogP contribution >= 0.6 is 0 Å². The first-order chi connectivity index (χ1) is 15.6. The predicted octanol–water partition coefficient (Wildman–Crippen LogP) is 2.32. The van der Waals surface area contributed by atoms with Gasteiger partial charge in [-0.15, -0.1) is 0 Å². The molecular weight excluding hydrogens is 448 g/mol. The fraction of sp³-hybridized carbons (Fsp3) is 0.429. The highest BCUT2D eigenvalue weighted by Gasteiger charge is 2.42. The van der Waals surface area contributed by atoms with Crippen molar-refractivity contribution < 1.29 is 37.0 Å². The van der Waals surface area contributed by atoms with E-state index in [1.54, 1.807) is 12.1 Å². The minimum atomic E-state index is -4.29. The first kappa shape index (κ1) is 22.9. The molecule has 2 aromatic heterocycles. The van der Waals surface area contributed by atoms with Gasteiger partial charge in [-0.1, -0.05) is 0 Å². The lowest BCUT2D eigenvalue weighted by Crippen LogP contribution is -2.34. The minimum Gasteiger partial charge on any atom is -0.471 e. The van der Waals surface area contributed by atoms with E-state index in [2.05, 4.69) is 9.97 Å². The van der Waals surface area contributed by atoms with Crippen molar-refractivity contribution >= 4 is 17.6 Å². The molecule has 2 aromatic rings. The number of carbonyl (C=O) groups excluding carboxylic acids is 2. The van der Waals surface area contributed by atoms with Crippen LogP contribution in [-0.4, -0.2) is 63.4 Å². The maximum atomic E-state index is 13.1. The van der Waals surface area contributed by atoms with Crippen molar-refractivity contribution in [2.24, 2.45) is 0 Å². The third-order valence-electron chi connectivity index (χ3n) is 5.44. The van der Waals surface area contributed by atoms with E-state index in [1.165, 1.54) is 29.1 Å². The number of ether oxygens (including phenoxy) is 1. The third-order valence-corrected chi connectivity index (χ3v) is 5.44. The van der Waals surface area contributed by atoms with Crippen LogP contribution in [0.2, 0.25) is 0 Å². The number of alkyl halides is 4. The van der Waals surface area contributed by atoms with E-state index in [4.69, 9.17) is 4.74 Å². The number of carbonyl (C=O) groups is 2. The Morgan fingerprint density at radius 3 is 2.70 bits per heavy atom. The molecule has 0 spiro atoms. The Morgan fingerprint density at radius 2 is 2.06 bits per heavy atom. The molecule has 1 fully saturated rings. The number of aryl methyl sites for hydroxylation is 1. The van der Waals surface area contributed by atoms with Gasteiger partial charge in [-0.3, -0.25) is 14.5 Å². The van der Waals surface area contributed by atoms with Crippen LogP contribution in [0.15, 0.2) is 24.5 Å². The number of nitrogens with zero attached hydrogens (tertiary/aromatic N) is 4. The quantitative estimate of drug-likeness (QED) is 0.627. The second kappa shape index (κ2) is 8.58. The Kier molecular flexibility index (Phi) is 5.95. The number of β-amino-alcohol motifs (C(OH)–C–C–N with tert-alkyl or cyclic N) is 1. The Bertz CT molecular complexity index is 1100. The predicted molar refractivity (Wildman–Crippen MR) is 106 cm³/mol. The van der Waals surface area contributed by atoms with Crippen LogP contribution in [-0.2, 0) is 17.9 Å². The fourth-order valence-corrected chi connectivity index (χ4v) is 3.83. The average molecular weight is 468 g/mol.